The van der Waals surface area contributed by atoms with E-state index in [1.165, 1.54) is 12.7 Å². The number of carbonyl (C=O) groups is 2. The monoisotopic (exact) mass is 389 g/mol. The van der Waals surface area contributed by atoms with Gasteiger partial charge in [0, 0.05) is 17.9 Å². The summed E-state index contributed by atoms with van der Waals surface area (Å²) in [5, 5.41) is 9.24. The Morgan fingerprint density at radius 1 is 1.07 bits per heavy atom. The van der Waals surface area contributed by atoms with Gasteiger partial charge in [-0.1, -0.05) is 12.8 Å². The first-order valence-corrected chi connectivity index (χ1v) is 9.14. The normalized spacial score (nSPS) is 23.8. The highest BCUT2D eigenvalue weighted by Gasteiger charge is 2.49. The van der Waals surface area contributed by atoms with E-state index in [1.54, 1.807) is 24.3 Å². The van der Waals surface area contributed by atoms with Crippen LogP contribution in [-0.4, -0.2) is 24.9 Å². The van der Waals surface area contributed by atoms with Crippen LogP contribution in [0.3, 0.4) is 0 Å². The number of halogens is 1. The van der Waals surface area contributed by atoms with Crippen LogP contribution in [0.25, 0.3) is 0 Å². The minimum Gasteiger partial charge on any atom is -0.459 e. The Balaban J connectivity index is 0.00000210. The zero-order valence-electron chi connectivity index (χ0n) is 15.0. The molecule has 2 aliphatic rings. The zero-order chi connectivity index (χ0) is 18.0. The van der Waals surface area contributed by atoms with E-state index in [2.05, 4.69) is 16.0 Å². The standard InChI is InChI=1S/C20H23N3O3.ClH/c24-18(17-5-3-11-26-17)22-15-6-8-16(9-7-15)23-19(25)20-10-2-1-4-14(20)12-21-13-20;/h3,5-9,11,14,21H,1-2,4,10,12-13H2,(H,22,24)(H,23,25);1H/t14-,20+;/m0./s1. The number of anilines is 2. The molecule has 2 atom stereocenters. The molecule has 0 spiro atoms. The minimum absolute atomic E-state index is 0. The van der Waals surface area contributed by atoms with Crippen molar-refractivity contribution in [2.24, 2.45) is 11.3 Å². The van der Waals surface area contributed by atoms with Crippen molar-refractivity contribution in [3.05, 3.63) is 48.4 Å². The Hall–Kier alpha value is -2.31. The van der Waals surface area contributed by atoms with Gasteiger partial charge in [-0.3, -0.25) is 9.59 Å². The topological polar surface area (TPSA) is 83.4 Å². The van der Waals surface area contributed by atoms with E-state index in [9.17, 15) is 9.59 Å². The summed E-state index contributed by atoms with van der Waals surface area (Å²) in [6.07, 6.45) is 5.87. The maximum Gasteiger partial charge on any atom is 0.291 e. The van der Waals surface area contributed by atoms with Gasteiger partial charge in [-0.05, 0) is 61.7 Å². The molecule has 0 radical (unpaired) electrons. The third kappa shape index (κ3) is 3.87. The lowest BCUT2D eigenvalue weighted by atomic mass is 9.67. The molecular weight excluding hydrogens is 366 g/mol. The van der Waals surface area contributed by atoms with E-state index in [0.717, 1.165) is 38.0 Å². The Morgan fingerprint density at radius 3 is 2.52 bits per heavy atom. The number of furan rings is 1. The summed E-state index contributed by atoms with van der Waals surface area (Å²) in [5.41, 5.74) is 1.13. The predicted octanol–water partition coefficient (Wildman–Crippen LogP) is 3.67. The molecule has 0 bridgehead atoms. The van der Waals surface area contributed by atoms with Crippen molar-refractivity contribution in [1.29, 1.82) is 0 Å². The number of rotatable bonds is 4. The highest BCUT2D eigenvalue weighted by Crippen LogP contribution is 2.44. The first kappa shape index (κ1) is 19.5. The van der Waals surface area contributed by atoms with Gasteiger partial charge in [0.15, 0.2) is 5.76 Å². The number of carbonyl (C=O) groups excluding carboxylic acids is 2. The molecule has 27 heavy (non-hydrogen) atoms. The number of hydrogen-bond acceptors (Lipinski definition) is 4. The molecule has 1 saturated carbocycles. The smallest absolute Gasteiger partial charge is 0.291 e. The average Bonchev–Trinajstić information content (AvgIpc) is 3.33. The van der Waals surface area contributed by atoms with Crippen LogP contribution in [0.5, 0.6) is 0 Å². The Kier molecular flexibility index (Phi) is 5.87. The molecule has 2 amide bonds. The molecule has 4 rings (SSSR count). The average molecular weight is 390 g/mol. The fraction of sp³-hybridized carbons (Fsp3) is 0.400. The van der Waals surface area contributed by atoms with Crippen LogP contribution in [0.1, 0.15) is 36.2 Å². The van der Waals surface area contributed by atoms with E-state index < -0.39 is 0 Å². The fourth-order valence-electron chi connectivity index (χ4n) is 4.18. The highest BCUT2D eigenvalue weighted by atomic mass is 35.5. The summed E-state index contributed by atoms with van der Waals surface area (Å²) >= 11 is 0. The summed E-state index contributed by atoms with van der Waals surface area (Å²) in [4.78, 5) is 24.9. The quantitative estimate of drug-likeness (QED) is 0.745. The molecule has 3 N–H and O–H groups in total. The number of fused-ring (bicyclic) bond motifs is 1. The Bertz CT molecular complexity index is 791. The highest BCUT2D eigenvalue weighted by molar-refractivity contribution is 6.02. The summed E-state index contributed by atoms with van der Waals surface area (Å²) < 4.78 is 5.08. The minimum atomic E-state index is -0.298. The van der Waals surface area contributed by atoms with Gasteiger partial charge in [-0.25, -0.2) is 0 Å². The van der Waals surface area contributed by atoms with E-state index in [0.29, 0.717) is 11.6 Å². The van der Waals surface area contributed by atoms with Crippen LogP contribution in [0.15, 0.2) is 47.1 Å². The van der Waals surface area contributed by atoms with Crippen molar-refractivity contribution in [3.8, 4) is 0 Å². The van der Waals surface area contributed by atoms with Gasteiger partial charge in [0.25, 0.3) is 5.91 Å². The maximum absolute atomic E-state index is 13.0. The second kappa shape index (κ2) is 8.15. The van der Waals surface area contributed by atoms with Gasteiger partial charge in [0.05, 0.1) is 11.7 Å². The molecule has 2 aromatic rings. The molecule has 1 saturated heterocycles. The van der Waals surface area contributed by atoms with Crippen molar-refractivity contribution in [2.45, 2.75) is 25.7 Å². The van der Waals surface area contributed by atoms with Crippen LogP contribution < -0.4 is 16.0 Å². The molecule has 1 aliphatic carbocycles. The number of amides is 2. The largest absolute Gasteiger partial charge is 0.459 e. The number of benzene rings is 1. The molecule has 1 aromatic heterocycles. The van der Waals surface area contributed by atoms with Crippen molar-refractivity contribution in [3.63, 3.8) is 0 Å². The van der Waals surface area contributed by atoms with E-state index in [1.807, 2.05) is 12.1 Å². The van der Waals surface area contributed by atoms with Gasteiger partial charge < -0.3 is 20.4 Å². The van der Waals surface area contributed by atoms with E-state index in [4.69, 9.17) is 4.42 Å². The molecule has 1 aromatic carbocycles. The summed E-state index contributed by atoms with van der Waals surface area (Å²) in [6.45, 7) is 1.70. The summed E-state index contributed by atoms with van der Waals surface area (Å²) in [6, 6.07) is 10.5. The molecule has 7 heteroatoms. The molecule has 144 valence electrons. The summed E-state index contributed by atoms with van der Waals surface area (Å²) in [7, 11) is 0. The second-order valence-electron chi connectivity index (χ2n) is 7.19. The van der Waals surface area contributed by atoms with Crippen LogP contribution in [0.2, 0.25) is 0 Å². The van der Waals surface area contributed by atoms with Crippen molar-refractivity contribution in [2.75, 3.05) is 23.7 Å². The molecule has 2 fully saturated rings. The van der Waals surface area contributed by atoms with Crippen molar-refractivity contribution < 1.29 is 14.0 Å². The Morgan fingerprint density at radius 2 is 1.81 bits per heavy atom. The molecule has 2 heterocycles. The molecule has 6 nitrogen and oxygen atoms in total. The van der Waals surface area contributed by atoms with Crippen LogP contribution in [0.4, 0.5) is 11.4 Å². The van der Waals surface area contributed by atoms with Crippen LogP contribution >= 0.6 is 12.4 Å². The maximum atomic E-state index is 13.0. The number of nitrogens with one attached hydrogen (secondary N) is 3. The lowest BCUT2D eigenvalue weighted by Crippen LogP contribution is -2.44. The van der Waals surface area contributed by atoms with Crippen molar-refractivity contribution in [1.82, 2.24) is 5.32 Å². The molecule has 1 aliphatic heterocycles. The second-order valence-corrected chi connectivity index (χ2v) is 7.19. The number of hydrogen-bond donors (Lipinski definition) is 3. The predicted molar refractivity (Wildman–Crippen MR) is 106 cm³/mol. The fourth-order valence-corrected chi connectivity index (χ4v) is 4.18. The lowest BCUT2D eigenvalue weighted by molar-refractivity contribution is -0.128. The molecular formula is C20H24ClN3O3. The first-order chi connectivity index (χ1) is 12.7. The first-order valence-electron chi connectivity index (χ1n) is 9.14. The Labute approximate surface area is 164 Å². The third-order valence-electron chi connectivity index (χ3n) is 5.64. The van der Waals surface area contributed by atoms with E-state index in [-0.39, 0.29) is 35.4 Å². The van der Waals surface area contributed by atoms with Crippen LogP contribution in [0, 0.1) is 11.3 Å². The lowest BCUT2D eigenvalue weighted by Gasteiger charge is -2.37. The van der Waals surface area contributed by atoms with E-state index >= 15 is 0 Å². The van der Waals surface area contributed by atoms with Gasteiger partial charge in [0.2, 0.25) is 5.91 Å². The van der Waals surface area contributed by atoms with Gasteiger partial charge in [0.1, 0.15) is 0 Å². The zero-order valence-corrected chi connectivity index (χ0v) is 15.8. The summed E-state index contributed by atoms with van der Waals surface area (Å²) in [5.74, 6) is 0.508. The van der Waals surface area contributed by atoms with Crippen LogP contribution in [-0.2, 0) is 4.79 Å². The third-order valence-corrected chi connectivity index (χ3v) is 5.64. The van der Waals surface area contributed by atoms with Gasteiger partial charge in [-0.15, -0.1) is 12.4 Å². The van der Waals surface area contributed by atoms with Crippen molar-refractivity contribution >= 4 is 35.6 Å². The molecule has 0 unspecified atom stereocenters. The van der Waals surface area contributed by atoms with Gasteiger partial charge >= 0.3 is 0 Å². The van der Waals surface area contributed by atoms with Gasteiger partial charge in [-0.2, -0.15) is 0 Å². The SMILES string of the molecule is Cl.O=C(Nc1ccc(NC(=O)[C@@]23CCCC[C@H]2CNC3)cc1)c1ccco1.